The molecule has 0 aromatic heterocycles. The van der Waals surface area contributed by atoms with Crippen LogP contribution in [0, 0.1) is 5.82 Å². The minimum atomic E-state index is -0.529. The number of rotatable bonds is 3. The third-order valence-electron chi connectivity index (χ3n) is 3.39. The first kappa shape index (κ1) is 11.6. The lowest BCUT2D eigenvalue weighted by Crippen LogP contribution is -2.35. The van der Waals surface area contributed by atoms with Crippen molar-refractivity contribution < 1.29 is 9.50 Å². The standard InChI is InChI=1S/C13H18FNO/c1-10(15-8-2-3-9-15)13(16)11-4-6-12(14)7-5-11/h4-7,10,13,16H,2-3,8-9H2,1H3/t10-,13-/m1/s1. The first-order chi connectivity index (χ1) is 7.68. The molecular weight excluding hydrogens is 205 g/mol. The van der Waals surface area contributed by atoms with E-state index in [0.717, 1.165) is 18.7 Å². The molecule has 88 valence electrons. The normalized spacial score (nSPS) is 20.9. The van der Waals surface area contributed by atoms with Crippen LogP contribution in [-0.2, 0) is 0 Å². The van der Waals surface area contributed by atoms with Gasteiger partial charge in [-0.3, -0.25) is 4.90 Å². The Morgan fingerprint density at radius 3 is 2.31 bits per heavy atom. The Kier molecular flexibility index (Phi) is 3.56. The maximum Gasteiger partial charge on any atom is 0.123 e. The van der Waals surface area contributed by atoms with Crippen LogP contribution in [0.1, 0.15) is 31.4 Å². The van der Waals surface area contributed by atoms with Crippen LogP contribution in [0.4, 0.5) is 4.39 Å². The third kappa shape index (κ3) is 2.42. The van der Waals surface area contributed by atoms with Crippen molar-refractivity contribution in [2.75, 3.05) is 13.1 Å². The molecule has 0 amide bonds. The van der Waals surface area contributed by atoms with E-state index in [9.17, 15) is 9.50 Å². The average Bonchev–Trinajstić information content (AvgIpc) is 2.81. The number of benzene rings is 1. The second-order valence-corrected chi connectivity index (χ2v) is 4.48. The van der Waals surface area contributed by atoms with Crippen LogP contribution < -0.4 is 0 Å². The Bertz CT molecular complexity index is 332. The van der Waals surface area contributed by atoms with Crippen molar-refractivity contribution in [2.45, 2.75) is 31.9 Å². The lowest BCUT2D eigenvalue weighted by atomic mass is 10.0. The predicted octanol–water partition coefficient (Wildman–Crippen LogP) is 2.34. The van der Waals surface area contributed by atoms with Gasteiger partial charge in [-0.1, -0.05) is 12.1 Å². The van der Waals surface area contributed by atoms with E-state index in [1.54, 1.807) is 12.1 Å². The molecule has 0 saturated carbocycles. The zero-order valence-corrected chi connectivity index (χ0v) is 9.56. The molecule has 2 nitrogen and oxygen atoms in total. The van der Waals surface area contributed by atoms with Crippen molar-refractivity contribution >= 4 is 0 Å². The molecule has 1 N–H and O–H groups in total. The molecule has 1 aromatic carbocycles. The minimum absolute atomic E-state index is 0.105. The van der Waals surface area contributed by atoms with Crippen LogP contribution in [-0.4, -0.2) is 29.1 Å². The van der Waals surface area contributed by atoms with Crippen LogP contribution >= 0.6 is 0 Å². The quantitative estimate of drug-likeness (QED) is 0.850. The van der Waals surface area contributed by atoms with Crippen LogP contribution in [0.2, 0.25) is 0 Å². The summed E-state index contributed by atoms with van der Waals surface area (Å²) < 4.78 is 12.8. The summed E-state index contributed by atoms with van der Waals surface area (Å²) in [5.41, 5.74) is 0.792. The van der Waals surface area contributed by atoms with Gasteiger partial charge in [0.2, 0.25) is 0 Å². The van der Waals surface area contributed by atoms with Crippen LogP contribution in [0.15, 0.2) is 24.3 Å². The molecule has 0 bridgehead atoms. The van der Waals surface area contributed by atoms with E-state index in [1.807, 2.05) is 6.92 Å². The van der Waals surface area contributed by atoms with Crippen molar-refractivity contribution in [1.29, 1.82) is 0 Å². The molecule has 16 heavy (non-hydrogen) atoms. The van der Waals surface area contributed by atoms with Crippen LogP contribution in [0.3, 0.4) is 0 Å². The molecule has 1 aliphatic heterocycles. The number of aliphatic hydroxyl groups excluding tert-OH is 1. The average molecular weight is 223 g/mol. The Balaban J connectivity index is 2.05. The minimum Gasteiger partial charge on any atom is -0.387 e. The molecule has 1 fully saturated rings. The molecule has 1 aromatic rings. The summed E-state index contributed by atoms with van der Waals surface area (Å²) in [6.07, 6.45) is 1.89. The van der Waals surface area contributed by atoms with Crippen molar-refractivity contribution in [1.82, 2.24) is 4.90 Å². The van der Waals surface area contributed by atoms with Gasteiger partial charge in [-0.25, -0.2) is 4.39 Å². The number of halogens is 1. The van der Waals surface area contributed by atoms with E-state index in [0.29, 0.717) is 0 Å². The molecule has 1 aliphatic rings. The van der Waals surface area contributed by atoms with Gasteiger partial charge < -0.3 is 5.11 Å². The predicted molar refractivity (Wildman–Crippen MR) is 61.6 cm³/mol. The fourth-order valence-electron chi connectivity index (χ4n) is 2.29. The smallest absolute Gasteiger partial charge is 0.123 e. The summed E-state index contributed by atoms with van der Waals surface area (Å²) >= 11 is 0. The van der Waals surface area contributed by atoms with E-state index in [4.69, 9.17) is 0 Å². The highest BCUT2D eigenvalue weighted by molar-refractivity contribution is 5.19. The molecule has 0 spiro atoms. The van der Waals surface area contributed by atoms with E-state index in [-0.39, 0.29) is 11.9 Å². The van der Waals surface area contributed by atoms with Crippen molar-refractivity contribution in [2.24, 2.45) is 0 Å². The van der Waals surface area contributed by atoms with Gasteiger partial charge in [0.1, 0.15) is 5.82 Å². The van der Waals surface area contributed by atoms with Crippen LogP contribution in [0.25, 0.3) is 0 Å². The summed E-state index contributed by atoms with van der Waals surface area (Å²) in [4.78, 5) is 2.29. The second-order valence-electron chi connectivity index (χ2n) is 4.48. The highest BCUT2D eigenvalue weighted by Gasteiger charge is 2.25. The lowest BCUT2D eigenvalue weighted by Gasteiger charge is -2.28. The molecule has 1 heterocycles. The summed E-state index contributed by atoms with van der Waals surface area (Å²) in [5.74, 6) is -0.259. The maximum atomic E-state index is 12.8. The Morgan fingerprint density at radius 1 is 1.19 bits per heavy atom. The molecule has 0 radical (unpaired) electrons. The molecule has 2 atom stereocenters. The van der Waals surface area contributed by atoms with Gasteiger partial charge in [0, 0.05) is 6.04 Å². The molecule has 3 heteroatoms. The van der Waals surface area contributed by atoms with Crippen molar-refractivity contribution in [3.05, 3.63) is 35.6 Å². The molecule has 0 unspecified atom stereocenters. The summed E-state index contributed by atoms with van der Waals surface area (Å²) in [5, 5.41) is 10.2. The third-order valence-corrected chi connectivity index (χ3v) is 3.39. The van der Waals surface area contributed by atoms with E-state index < -0.39 is 6.10 Å². The Hall–Kier alpha value is -0.930. The Labute approximate surface area is 95.7 Å². The number of aliphatic hydroxyl groups is 1. The van der Waals surface area contributed by atoms with Gasteiger partial charge in [-0.05, 0) is 50.6 Å². The van der Waals surface area contributed by atoms with Crippen LogP contribution in [0.5, 0.6) is 0 Å². The van der Waals surface area contributed by atoms with Gasteiger partial charge in [-0.15, -0.1) is 0 Å². The van der Waals surface area contributed by atoms with Gasteiger partial charge in [0.15, 0.2) is 0 Å². The van der Waals surface area contributed by atoms with Gasteiger partial charge in [0.25, 0.3) is 0 Å². The summed E-state index contributed by atoms with van der Waals surface area (Å²) in [6, 6.07) is 6.22. The number of likely N-dealkylation sites (tertiary alicyclic amines) is 1. The fraction of sp³-hybridized carbons (Fsp3) is 0.538. The topological polar surface area (TPSA) is 23.5 Å². The Morgan fingerprint density at radius 2 is 1.75 bits per heavy atom. The van der Waals surface area contributed by atoms with Gasteiger partial charge in [0.05, 0.1) is 6.10 Å². The maximum absolute atomic E-state index is 12.8. The fourth-order valence-corrected chi connectivity index (χ4v) is 2.29. The SMILES string of the molecule is C[C@H]([C@@H](O)c1ccc(F)cc1)N1CCCC1. The lowest BCUT2D eigenvalue weighted by molar-refractivity contribution is 0.0715. The number of hydrogen-bond acceptors (Lipinski definition) is 2. The van der Waals surface area contributed by atoms with Gasteiger partial charge >= 0.3 is 0 Å². The largest absolute Gasteiger partial charge is 0.387 e. The zero-order chi connectivity index (χ0) is 11.5. The van der Waals surface area contributed by atoms with E-state index in [2.05, 4.69) is 4.90 Å². The number of hydrogen-bond donors (Lipinski definition) is 1. The number of nitrogens with zero attached hydrogens (tertiary/aromatic N) is 1. The van der Waals surface area contributed by atoms with Crippen molar-refractivity contribution in [3.63, 3.8) is 0 Å². The first-order valence-electron chi connectivity index (χ1n) is 5.86. The molecule has 1 saturated heterocycles. The van der Waals surface area contributed by atoms with E-state index in [1.165, 1.54) is 25.0 Å². The summed E-state index contributed by atoms with van der Waals surface area (Å²) in [7, 11) is 0. The first-order valence-corrected chi connectivity index (χ1v) is 5.86. The second kappa shape index (κ2) is 4.93. The monoisotopic (exact) mass is 223 g/mol. The molecule has 2 rings (SSSR count). The highest BCUT2D eigenvalue weighted by Crippen LogP contribution is 2.23. The van der Waals surface area contributed by atoms with Gasteiger partial charge in [-0.2, -0.15) is 0 Å². The van der Waals surface area contributed by atoms with Crippen molar-refractivity contribution in [3.8, 4) is 0 Å². The zero-order valence-electron chi connectivity index (χ0n) is 9.56. The summed E-state index contributed by atoms with van der Waals surface area (Å²) in [6.45, 7) is 4.14. The molecular formula is C13H18FNO. The van der Waals surface area contributed by atoms with E-state index >= 15 is 0 Å². The molecule has 0 aliphatic carbocycles. The highest BCUT2D eigenvalue weighted by atomic mass is 19.1.